The van der Waals surface area contributed by atoms with Crippen molar-refractivity contribution in [3.63, 3.8) is 0 Å². The Hall–Kier alpha value is -4.16. The van der Waals surface area contributed by atoms with E-state index in [4.69, 9.17) is 0 Å². The Morgan fingerprint density at radius 1 is 0.923 bits per heavy atom. The van der Waals surface area contributed by atoms with Gasteiger partial charge in [-0.25, -0.2) is 9.36 Å². The van der Waals surface area contributed by atoms with Crippen LogP contribution in [0.25, 0.3) is 11.5 Å². The highest BCUT2D eigenvalue weighted by atomic mass is 16.6. The highest BCUT2D eigenvalue weighted by Crippen LogP contribution is 2.30. The summed E-state index contributed by atoms with van der Waals surface area (Å²) >= 11 is 0. The number of non-ortho nitro benzene ring substituents is 1. The van der Waals surface area contributed by atoms with Gasteiger partial charge in [-0.3, -0.25) is 30.3 Å². The third-order valence-corrected chi connectivity index (χ3v) is 3.49. The molecule has 0 atom stereocenters. The number of nitro benzene ring substituents is 1. The van der Waals surface area contributed by atoms with Gasteiger partial charge in [0.2, 0.25) is 5.82 Å². The van der Waals surface area contributed by atoms with Crippen molar-refractivity contribution in [2.75, 3.05) is 0 Å². The summed E-state index contributed by atoms with van der Waals surface area (Å²) in [5, 5.41) is 40.9. The smallest absolute Gasteiger partial charge is 0.258 e. The van der Waals surface area contributed by atoms with Gasteiger partial charge in [-0.1, -0.05) is 0 Å². The van der Waals surface area contributed by atoms with Crippen molar-refractivity contribution in [2.24, 2.45) is 0 Å². The molecule has 2 aromatic heterocycles. The molecule has 1 aromatic carbocycles. The molecular weight excluding hydrogens is 350 g/mol. The van der Waals surface area contributed by atoms with E-state index in [0.717, 1.165) is 21.8 Å². The van der Waals surface area contributed by atoms with Crippen LogP contribution in [-0.2, 0) is 0 Å². The number of hydrogen-bond acceptors (Lipinski definition) is 8. The van der Waals surface area contributed by atoms with Crippen LogP contribution in [0.15, 0.2) is 36.7 Å². The molecular formula is C13H9N7O6. The van der Waals surface area contributed by atoms with Crippen LogP contribution < -0.4 is 0 Å². The number of aryl methyl sites for hydroxylation is 1. The van der Waals surface area contributed by atoms with Crippen molar-refractivity contribution in [1.29, 1.82) is 0 Å². The van der Waals surface area contributed by atoms with Crippen LogP contribution in [0.1, 0.15) is 5.69 Å². The average Bonchev–Trinajstić information content (AvgIpc) is 3.19. The van der Waals surface area contributed by atoms with E-state index in [-0.39, 0.29) is 28.6 Å². The van der Waals surface area contributed by atoms with Gasteiger partial charge in [0.1, 0.15) is 18.1 Å². The van der Waals surface area contributed by atoms with Gasteiger partial charge in [0.15, 0.2) is 0 Å². The van der Waals surface area contributed by atoms with Crippen molar-refractivity contribution in [3.05, 3.63) is 72.7 Å². The van der Waals surface area contributed by atoms with Crippen molar-refractivity contribution in [2.45, 2.75) is 6.92 Å². The molecule has 3 aromatic rings. The van der Waals surface area contributed by atoms with Crippen LogP contribution in [0.2, 0.25) is 0 Å². The lowest BCUT2D eigenvalue weighted by Gasteiger charge is -2.06. The lowest BCUT2D eigenvalue weighted by Crippen LogP contribution is -2.08. The van der Waals surface area contributed by atoms with Crippen molar-refractivity contribution in [3.8, 4) is 11.5 Å². The Labute approximate surface area is 143 Å². The van der Waals surface area contributed by atoms with E-state index in [1.165, 1.54) is 31.2 Å². The van der Waals surface area contributed by atoms with Crippen LogP contribution in [0, 0.1) is 37.3 Å². The van der Waals surface area contributed by atoms with Crippen LogP contribution in [0.4, 0.5) is 17.1 Å². The van der Waals surface area contributed by atoms with Crippen LogP contribution in [0.5, 0.6) is 0 Å². The highest BCUT2D eigenvalue weighted by Gasteiger charge is 2.29. The molecule has 0 aliphatic heterocycles. The normalized spacial score (nSPS) is 10.7. The second-order valence-electron chi connectivity index (χ2n) is 5.10. The van der Waals surface area contributed by atoms with E-state index in [2.05, 4.69) is 10.2 Å². The Kier molecular flexibility index (Phi) is 3.88. The lowest BCUT2D eigenvalue weighted by molar-refractivity contribution is -0.385. The van der Waals surface area contributed by atoms with E-state index >= 15 is 0 Å². The first-order chi connectivity index (χ1) is 12.3. The molecule has 0 saturated heterocycles. The predicted octanol–water partition coefficient (Wildman–Crippen LogP) is 2.09. The number of benzene rings is 1. The van der Waals surface area contributed by atoms with Crippen LogP contribution in [-0.4, -0.2) is 34.3 Å². The Bertz CT molecular complexity index is 1040. The highest BCUT2D eigenvalue weighted by molar-refractivity contribution is 5.56. The molecule has 132 valence electrons. The summed E-state index contributed by atoms with van der Waals surface area (Å²) in [6, 6.07) is 5.15. The third-order valence-electron chi connectivity index (χ3n) is 3.49. The van der Waals surface area contributed by atoms with Crippen LogP contribution in [0.3, 0.4) is 0 Å². The van der Waals surface area contributed by atoms with Gasteiger partial charge in [-0.2, -0.15) is 10.2 Å². The van der Waals surface area contributed by atoms with E-state index < -0.39 is 14.8 Å². The second kappa shape index (κ2) is 6.04. The summed E-state index contributed by atoms with van der Waals surface area (Å²) in [4.78, 5) is 31.1. The summed E-state index contributed by atoms with van der Waals surface area (Å²) < 4.78 is 2.12. The zero-order valence-electron chi connectivity index (χ0n) is 13.0. The van der Waals surface area contributed by atoms with Gasteiger partial charge in [0.25, 0.3) is 5.69 Å². The quantitative estimate of drug-likeness (QED) is 0.493. The van der Waals surface area contributed by atoms with Crippen molar-refractivity contribution < 1.29 is 14.8 Å². The minimum atomic E-state index is -0.686. The van der Waals surface area contributed by atoms with Crippen LogP contribution >= 0.6 is 0 Å². The number of aromatic nitrogens is 4. The van der Waals surface area contributed by atoms with E-state index in [0.29, 0.717) is 5.69 Å². The minimum Gasteiger partial charge on any atom is -0.258 e. The monoisotopic (exact) mass is 359 g/mol. The van der Waals surface area contributed by atoms with Crippen molar-refractivity contribution >= 4 is 17.1 Å². The largest absolute Gasteiger partial charge is 0.336 e. The van der Waals surface area contributed by atoms with Gasteiger partial charge in [-0.05, 0) is 19.1 Å². The standard InChI is InChI=1S/C13H9N7O6/c1-8-12(20(25)26)13(16-7-11(6-14-16)19(23)24)17(15-8)9-2-4-10(5-3-9)18(21)22/h2-7H,1H3. The predicted molar refractivity (Wildman–Crippen MR) is 85.4 cm³/mol. The topological polar surface area (TPSA) is 165 Å². The summed E-state index contributed by atoms with van der Waals surface area (Å²) in [7, 11) is 0. The zero-order chi connectivity index (χ0) is 19.0. The van der Waals surface area contributed by atoms with Gasteiger partial charge >= 0.3 is 11.4 Å². The Morgan fingerprint density at radius 3 is 2.04 bits per heavy atom. The molecule has 0 bridgehead atoms. The Balaban J connectivity index is 2.22. The first-order valence-corrected chi connectivity index (χ1v) is 6.98. The molecule has 13 nitrogen and oxygen atoms in total. The van der Waals surface area contributed by atoms with E-state index in [1.807, 2.05) is 0 Å². The summed E-state index contributed by atoms with van der Waals surface area (Å²) in [6.07, 6.45) is 1.97. The molecule has 0 aliphatic rings. The lowest BCUT2D eigenvalue weighted by atomic mass is 10.3. The molecule has 0 spiro atoms. The molecule has 0 saturated carbocycles. The maximum Gasteiger partial charge on any atom is 0.336 e. The number of nitro groups is 3. The molecule has 0 amide bonds. The van der Waals surface area contributed by atoms with Gasteiger partial charge in [0, 0.05) is 12.1 Å². The Morgan fingerprint density at radius 2 is 1.54 bits per heavy atom. The first-order valence-electron chi connectivity index (χ1n) is 6.98. The first kappa shape index (κ1) is 16.7. The molecule has 0 fully saturated rings. The number of rotatable bonds is 5. The fourth-order valence-electron chi connectivity index (χ4n) is 2.35. The molecule has 0 aliphatic carbocycles. The van der Waals surface area contributed by atoms with E-state index in [9.17, 15) is 30.3 Å². The fraction of sp³-hybridized carbons (Fsp3) is 0.0769. The minimum absolute atomic E-state index is 0.0569. The maximum absolute atomic E-state index is 11.4. The van der Waals surface area contributed by atoms with Crippen molar-refractivity contribution in [1.82, 2.24) is 19.6 Å². The summed E-state index contributed by atoms with van der Waals surface area (Å²) in [5.74, 6) is -0.130. The molecule has 26 heavy (non-hydrogen) atoms. The maximum atomic E-state index is 11.4. The summed E-state index contributed by atoms with van der Waals surface area (Å²) in [5.41, 5.74) is -0.556. The molecule has 0 N–H and O–H groups in total. The molecule has 0 radical (unpaired) electrons. The van der Waals surface area contributed by atoms with E-state index in [1.54, 1.807) is 0 Å². The number of hydrogen-bond donors (Lipinski definition) is 0. The SMILES string of the molecule is Cc1nn(-c2ccc([N+](=O)[O-])cc2)c(-n2cc([N+](=O)[O-])cn2)c1[N+](=O)[O-]. The number of nitrogens with zero attached hydrogens (tertiary/aromatic N) is 7. The van der Waals surface area contributed by atoms with Gasteiger partial charge in [0.05, 0.1) is 20.5 Å². The third kappa shape index (κ3) is 2.72. The molecule has 13 heteroatoms. The fourth-order valence-corrected chi connectivity index (χ4v) is 2.35. The molecule has 2 heterocycles. The zero-order valence-corrected chi connectivity index (χ0v) is 13.0. The molecule has 3 rings (SSSR count). The van der Waals surface area contributed by atoms with Gasteiger partial charge < -0.3 is 0 Å². The molecule has 0 unspecified atom stereocenters. The second-order valence-corrected chi connectivity index (χ2v) is 5.10. The average molecular weight is 359 g/mol. The summed E-state index contributed by atoms with van der Waals surface area (Å²) in [6.45, 7) is 1.40. The van der Waals surface area contributed by atoms with Gasteiger partial charge in [-0.15, -0.1) is 0 Å².